The van der Waals surface area contributed by atoms with Crippen molar-refractivity contribution in [3.8, 4) is 11.5 Å². The van der Waals surface area contributed by atoms with E-state index in [0.29, 0.717) is 5.66 Å². The maximum atomic E-state index is 5.74. The van der Waals surface area contributed by atoms with E-state index in [2.05, 4.69) is 119 Å². The van der Waals surface area contributed by atoms with Gasteiger partial charge in [-0.05, 0) is 109 Å². The Morgan fingerprint density at radius 2 is 1.09 bits per heavy atom. The summed E-state index contributed by atoms with van der Waals surface area (Å²) in [4.78, 5) is 0. The van der Waals surface area contributed by atoms with Gasteiger partial charge in [-0.15, -0.1) is 18.8 Å². The van der Waals surface area contributed by atoms with E-state index in [9.17, 15) is 0 Å². The summed E-state index contributed by atoms with van der Waals surface area (Å²) < 4.78 is 11.5. The van der Waals surface area contributed by atoms with Crippen LogP contribution in [0.2, 0.25) is 0 Å². The monoisotopic (exact) mass is 658 g/mol. The Kier molecular flexibility index (Phi) is 13.4. The summed E-state index contributed by atoms with van der Waals surface area (Å²) in [5.41, 5.74) is 6.78. The minimum Gasteiger partial charge on any atom is -0.496 e. The van der Waals surface area contributed by atoms with E-state index in [1.165, 1.54) is 43.7 Å². The van der Waals surface area contributed by atoms with Crippen LogP contribution in [0.3, 0.4) is 0 Å². The van der Waals surface area contributed by atoms with Crippen LogP contribution in [0.25, 0.3) is 0 Å². The molecule has 4 rings (SSSR count). The van der Waals surface area contributed by atoms with Crippen LogP contribution in [0.1, 0.15) is 81.9 Å². The van der Waals surface area contributed by atoms with Crippen LogP contribution >= 0.6 is 15.8 Å². The number of aryl methyl sites for hydroxylation is 4. The number of ether oxygens (including phenoxy) is 2. The van der Waals surface area contributed by atoms with Crippen molar-refractivity contribution in [3.63, 3.8) is 0 Å². The van der Waals surface area contributed by atoms with Crippen molar-refractivity contribution in [2.75, 3.05) is 14.2 Å². The van der Waals surface area contributed by atoms with Gasteiger partial charge < -0.3 is 9.47 Å². The molecule has 0 saturated heterocycles. The minimum atomic E-state index is -0.759. The van der Waals surface area contributed by atoms with E-state index in [0.717, 1.165) is 11.5 Å². The predicted molar refractivity (Wildman–Crippen MR) is 190 cm³/mol. The molecule has 2 nitrogen and oxygen atoms in total. The SMILES string of the molecule is COc1c(C)cc(P(c2cc(C)c(OC)c(C)c2)c2ccc[c-]2[C@H](C)P(C(C)(C)C)C(C)(C)C)cc1C.[Fe+2].c1cc[cH-]c1. The Morgan fingerprint density at radius 3 is 1.40 bits per heavy atom. The normalized spacial score (nSPS) is 12.4. The number of hydrogen-bond donors (Lipinski definition) is 0. The van der Waals surface area contributed by atoms with Crippen molar-refractivity contribution in [1.82, 2.24) is 0 Å². The molecule has 234 valence electrons. The molecule has 4 aromatic rings. The van der Waals surface area contributed by atoms with Crippen LogP contribution in [-0.2, 0) is 17.1 Å². The summed E-state index contributed by atoms with van der Waals surface area (Å²) in [5.74, 6) is 1.97. The first-order chi connectivity index (χ1) is 19.6. The molecule has 0 amide bonds. The van der Waals surface area contributed by atoms with E-state index in [4.69, 9.17) is 9.47 Å². The van der Waals surface area contributed by atoms with E-state index in [1.807, 2.05) is 30.3 Å². The zero-order valence-corrected chi connectivity index (χ0v) is 31.5. The third-order valence-electron chi connectivity index (χ3n) is 7.72. The summed E-state index contributed by atoms with van der Waals surface area (Å²) in [6, 6.07) is 26.5. The first-order valence-corrected chi connectivity index (χ1v) is 17.7. The van der Waals surface area contributed by atoms with Crippen LogP contribution in [0.5, 0.6) is 11.5 Å². The molecule has 0 unspecified atom stereocenters. The fourth-order valence-electron chi connectivity index (χ4n) is 6.79. The quantitative estimate of drug-likeness (QED) is 0.112. The smallest absolute Gasteiger partial charge is 0.496 e. The largest absolute Gasteiger partial charge is 2.00 e. The molecule has 0 aromatic heterocycles. The Morgan fingerprint density at radius 1 is 0.698 bits per heavy atom. The Hall–Kier alpha value is -1.88. The molecular formula is C38H52FeO2P2. The summed E-state index contributed by atoms with van der Waals surface area (Å²) in [5, 5.41) is 4.75. The van der Waals surface area contributed by atoms with Gasteiger partial charge in [0.15, 0.2) is 0 Å². The van der Waals surface area contributed by atoms with Crippen molar-refractivity contribution < 1.29 is 26.5 Å². The van der Waals surface area contributed by atoms with Crippen molar-refractivity contribution >= 4 is 31.8 Å². The fourth-order valence-corrected chi connectivity index (χ4v) is 14.6. The van der Waals surface area contributed by atoms with E-state index < -0.39 is 7.92 Å². The number of benzene rings is 2. The van der Waals surface area contributed by atoms with Gasteiger partial charge in [-0.2, -0.15) is 24.3 Å². The third-order valence-corrected chi connectivity index (χ3v) is 14.1. The molecule has 0 heterocycles. The van der Waals surface area contributed by atoms with Crippen LogP contribution in [0.15, 0.2) is 72.8 Å². The Bertz CT molecular complexity index is 1300. The number of rotatable bonds is 7. The molecule has 1 atom stereocenters. The first-order valence-electron chi connectivity index (χ1n) is 14.9. The minimum absolute atomic E-state index is 0. The van der Waals surface area contributed by atoms with Gasteiger partial charge in [0.2, 0.25) is 0 Å². The van der Waals surface area contributed by atoms with Crippen molar-refractivity contribution in [2.24, 2.45) is 0 Å². The second-order valence-electron chi connectivity index (χ2n) is 13.3. The van der Waals surface area contributed by atoms with Gasteiger partial charge in [-0.1, -0.05) is 48.5 Å². The van der Waals surface area contributed by atoms with Crippen molar-refractivity contribution in [3.05, 3.63) is 101 Å². The van der Waals surface area contributed by atoms with Gasteiger partial charge in [-0.25, -0.2) is 24.3 Å². The van der Waals surface area contributed by atoms with E-state index in [1.54, 1.807) is 14.2 Å². The van der Waals surface area contributed by atoms with Crippen LogP contribution in [0, 0.1) is 27.7 Å². The van der Waals surface area contributed by atoms with E-state index in [-0.39, 0.29) is 35.3 Å². The average molecular weight is 659 g/mol. The molecule has 0 fully saturated rings. The molecule has 5 heteroatoms. The fraction of sp³-hybridized carbons (Fsp3) is 0.421. The molecule has 0 N–H and O–H groups in total. The Balaban J connectivity index is 0.000000973. The van der Waals surface area contributed by atoms with Gasteiger partial charge in [0.25, 0.3) is 0 Å². The molecule has 0 aliphatic heterocycles. The molecule has 0 radical (unpaired) electrons. The summed E-state index contributed by atoms with van der Waals surface area (Å²) >= 11 is 0. The van der Waals surface area contributed by atoms with Gasteiger partial charge in [0.1, 0.15) is 11.5 Å². The molecule has 0 spiro atoms. The molecule has 43 heavy (non-hydrogen) atoms. The van der Waals surface area contributed by atoms with Gasteiger partial charge in [0, 0.05) is 0 Å². The second kappa shape index (κ2) is 15.4. The standard InChI is InChI=1S/C33H47O2P2.C5H5.Fe/c1-21-17-26(18-22(2)30(21)34-12)36(27-19-23(3)31(35-13)24(4)20-27)29-16-14-15-28(29)25(5)37(32(6,7)8)33(9,10)11;1-2-4-5-3-1;/h14-20,25H,1-13H3;1-5H;/q2*-1;+2/t25-;;/m0../s1. The summed E-state index contributed by atoms with van der Waals surface area (Å²) in [6.45, 7) is 25.7. The molecule has 0 aliphatic rings. The molecular weight excluding hydrogens is 606 g/mol. The van der Waals surface area contributed by atoms with Gasteiger partial charge >= 0.3 is 17.1 Å². The molecule has 0 saturated carbocycles. The van der Waals surface area contributed by atoms with Gasteiger partial charge in [-0.3, -0.25) is 0 Å². The average Bonchev–Trinajstić information content (AvgIpc) is 3.58. The van der Waals surface area contributed by atoms with Crippen molar-refractivity contribution in [1.29, 1.82) is 0 Å². The number of hydrogen-bond acceptors (Lipinski definition) is 2. The second-order valence-corrected chi connectivity index (χ2v) is 19.7. The van der Waals surface area contributed by atoms with Crippen LogP contribution < -0.4 is 25.4 Å². The van der Waals surface area contributed by atoms with E-state index >= 15 is 0 Å². The first kappa shape index (κ1) is 37.3. The molecule has 4 aromatic carbocycles. The maximum Gasteiger partial charge on any atom is 2.00 e. The van der Waals surface area contributed by atoms with Crippen LogP contribution in [0.4, 0.5) is 0 Å². The van der Waals surface area contributed by atoms with Gasteiger partial charge in [0.05, 0.1) is 14.2 Å². The maximum absolute atomic E-state index is 5.74. The molecule has 0 bridgehead atoms. The third kappa shape index (κ3) is 8.86. The summed E-state index contributed by atoms with van der Waals surface area (Å²) in [7, 11) is 2.48. The topological polar surface area (TPSA) is 18.5 Å². The Labute approximate surface area is 275 Å². The van der Waals surface area contributed by atoms with Crippen LogP contribution in [-0.4, -0.2) is 24.5 Å². The molecule has 0 aliphatic carbocycles. The zero-order chi connectivity index (χ0) is 31.4. The number of methoxy groups -OCH3 is 2. The predicted octanol–water partition coefficient (Wildman–Crippen LogP) is 9.96. The zero-order valence-electron chi connectivity index (χ0n) is 28.6. The summed E-state index contributed by atoms with van der Waals surface area (Å²) in [6.07, 6.45) is 0. The van der Waals surface area contributed by atoms with Crippen molar-refractivity contribution in [2.45, 2.75) is 92.1 Å².